The molecule has 0 radical (unpaired) electrons. The Bertz CT molecular complexity index is 1270. The minimum Gasteiger partial charge on any atom is -0.338 e. The summed E-state index contributed by atoms with van der Waals surface area (Å²) in [5.41, 5.74) is 6.26. The van der Waals surface area contributed by atoms with Crippen LogP contribution in [0.5, 0.6) is 0 Å². The number of hydrogen-bond acceptors (Lipinski definition) is 3. The van der Waals surface area contributed by atoms with Crippen molar-refractivity contribution in [3.63, 3.8) is 0 Å². The number of aromatic amines is 1. The summed E-state index contributed by atoms with van der Waals surface area (Å²) in [5, 5.41) is 1.67. The molecule has 0 aliphatic carbocycles. The van der Waals surface area contributed by atoms with Crippen LogP contribution in [0, 0.1) is 6.92 Å². The van der Waals surface area contributed by atoms with Gasteiger partial charge in [0.05, 0.1) is 21.3 Å². The van der Waals surface area contributed by atoms with E-state index in [0.717, 1.165) is 48.8 Å². The number of thiazole rings is 1. The van der Waals surface area contributed by atoms with Crippen LogP contribution in [0.4, 0.5) is 0 Å². The lowest BCUT2D eigenvalue weighted by atomic mass is 10.1. The predicted octanol–water partition coefficient (Wildman–Crippen LogP) is 6.47. The summed E-state index contributed by atoms with van der Waals surface area (Å²) in [6, 6.07) is 20.3. The first-order chi connectivity index (χ1) is 12.7. The highest BCUT2D eigenvalue weighted by Gasteiger charge is 2.15. The maximum absolute atomic E-state index is 6.11. The third-order valence-electron chi connectivity index (χ3n) is 4.48. The number of nitrogens with zero attached hydrogens (tertiary/aromatic N) is 2. The number of imidazole rings is 1. The second kappa shape index (κ2) is 5.94. The second-order valence-corrected chi connectivity index (χ2v) is 7.70. The maximum Gasteiger partial charge on any atom is 0.139 e. The van der Waals surface area contributed by atoms with Gasteiger partial charge < -0.3 is 4.98 Å². The lowest BCUT2D eigenvalue weighted by molar-refractivity contribution is 1.33. The van der Waals surface area contributed by atoms with Gasteiger partial charge in [-0.2, -0.15) is 0 Å². The molecule has 0 aliphatic rings. The van der Waals surface area contributed by atoms with E-state index in [9.17, 15) is 0 Å². The van der Waals surface area contributed by atoms with Crippen LogP contribution in [0.3, 0.4) is 0 Å². The van der Waals surface area contributed by atoms with Crippen molar-refractivity contribution in [3.8, 4) is 22.0 Å². The lowest BCUT2D eigenvalue weighted by Crippen LogP contribution is -1.86. The van der Waals surface area contributed by atoms with Gasteiger partial charge in [0.2, 0.25) is 0 Å². The van der Waals surface area contributed by atoms with Crippen LogP contribution in [0.1, 0.15) is 5.56 Å². The summed E-state index contributed by atoms with van der Waals surface area (Å²) in [6.07, 6.45) is 0. The molecule has 2 aromatic heterocycles. The van der Waals surface area contributed by atoms with Gasteiger partial charge in [0.25, 0.3) is 0 Å². The average molecular weight is 376 g/mol. The Morgan fingerprint density at radius 1 is 0.923 bits per heavy atom. The lowest BCUT2D eigenvalue weighted by Gasteiger charge is -2.03. The molecule has 0 amide bonds. The second-order valence-electron chi connectivity index (χ2n) is 6.23. The molecule has 5 rings (SSSR count). The highest BCUT2D eigenvalue weighted by Crippen LogP contribution is 2.37. The Morgan fingerprint density at radius 3 is 2.62 bits per heavy atom. The number of hydrogen-bond donors (Lipinski definition) is 1. The van der Waals surface area contributed by atoms with Crippen LogP contribution < -0.4 is 0 Å². The summed E-state index contributed by atoms with van der Waals surface area (Å²) < 4.78 is 1.12. The monoisotopic (exact) mass is 375 g/mol. The van der Waals surface area contributed by atoms with E-state index in [0.29, 0.717) is 5.02 Å². The molecule has 0 aliphatic heterocycles. The van der Waals surface area contributed by atoms with E-state index in [1.165, 1.54) is 0 Å². The third kappa shape index (κ3) is 2.50. The Morgan fingerprint density at radius 2 is 1.77 bits per heavy atom. The largest absolute Gasteiger partial charge is 0.338 e. The minimum absolute atomic E-state index is 0.704. The summed E-state index contributed by atoms with van der Waals surface area (Å²) in [5.74, 6) is 0.863. The van der Waals surface area contributed by atoms with E-state index in [1.807, 2.05) is 36.4 Å². The summed E-state index contributed by atoms with van der Waals surface area (Å²) in [6.45, 7) is 2.08. The zero-order valence-electron chi connectivity index (χ0n) is 14.0. The molecule has 0 atom stereocenters. The first-order valence-corrected chi connectivity index (χ1v) is 9.50. The predicted molar refractivity (Wildman–Crippen MR) is 110 cm³/mol. The molecule has 1 N–H and O–H groups in total. The zero-order chi connectivity index (χ0) is 17.7. The Labute approximate surface area is 159 Å². The van der Waals surface area contributed by atoms with Crippen molar-refractivity contribution in [2.24, 2.45) is 0 Å². The number of aryl methyl sites for hydroxylation is 1. The number of fused-ring (bicyclic) bond motifs is 2. The average Bonchev–Trinajstić information content (AvgIpc) is 3.26. The maximum atomic E-state index is 6.11. The van der Waals surface area contributed by atoms with Crippen molar-refractivity contribution in [2.75, 3.05) is 0 Å². The van der Waals surface area contributed by atoms with Crippen LogP contribution in [0.2, 0.25) is 5.02 Å². The van der Waals surface area contributed by atoms with E-state index in [4.69, 9.17) is 21.6 Å². The SMILES string of the molecule is Cc1cccc2[nH]c(-c3ccccc3-c3nc4cc(Cl)ccc4s3)nc12. The highest BCUT2D eigenvalue weighted by atomic mass is 35.5. The number of nitrogens with one attached hydrogen (secondary N) is 1. The van der Waals surface area contributed by atoms with Crippen molar-refractivity contribution < 1.29 is 0 Å². The number of aromatic nitrogens is 3. The topological polar surface area (TPSA) is 41.6 Å². The van der Waals surface area contributed by atoms with E-state index < -0.39 is 0 Å². The van der Waals surface area contributed by atoms with Gasteiger partial charge in [-0.15, -0.1) is 11.3 Å². The smallest absolute Gasteiger partial charge is 0.139 e. The first kappa shape index (κ1) is 15.6. The summed E-state index contributed by atoms with van der Waals surface area (Å²) >= 11 is 7.78. The fourth-order valence-electron chi connectivity index (χ4n) is 3.19. The first-order valence-electron chi connectivity index (χ1n) is 8.30. The molecule has 2 heterocycles. The molecule has 0 saturated heterocycles. The molecule has 0 fully saturated rings. The highest BCUT2D eigenvalue weighted by molar-refractivity contribution is 7.21. The molecule has 26 heavy (non-hydrogen) atoms. The summed E-state index contributed by atoms with van der Waals surface area (Å²) in [4.78, 5) is 13.1. The van der Waals surface area contributed by atoms with Crippen molar-refractivity contribution in [3.05, 3.63) is 71.2 Å². The van der Waals surface area contributed by atoms with E-state index in [-0.39, 0.29) is 0 Å². The fraction of sp³-hybridized carbons (Fsp3) is 0.0476. The molecular formula is C21H14ClN3S. The van der Waals surface area contributed by atoms with E-state index in [2.05, 4.69) is 36.2 Å². The summed E-state index contributed by atoms with van der Waals surface area (Å²) in [7, 11) is 0. The molecule has 0 bridgehead atoms. The van der Waals surface area contributed by atoms with Crippen LogP contribution in [-0.2, 0) is 0 Å². The molecule has 0 unspecified atom stereocenters. The number of rotatable bonds is 2. The Balaban J connectivity index is 1.71. The molecule has 3 nitrogen and oxygen atoms in total. The van der Waals surface area contributed by atoms with Gasteiger partial charge >= 0.3 is 0 Å². The van der Waals surface area contributed by atoms with E-state index >= 15 is 0 Å². The van der Waals surface area contributed by atoms with Crippen LogP contribution in [-0.4, -0.2) is 15.0 Å². The van der Waals surface area contributed by atoms with E-state index in [1.54, 1.807) is 11.3 Å². The van der Waals surface area contributed by atoms with Crippen LogP contribution in [0.15, 0.2) is 60.7 Å². The standard InChI is InChI=1S/C21H14ClN3S/c1-12-5-4-8-16-19(12)25-20(23-16)14-6-2-3-7-15(14)21-24-17-11-13(22)9-10-18(17)26-21/h2-11H,1H3,(H,23,25). The van der Waals surface area contributed by atoms with Gasteiger partial charge in [-0.1, -0.05) is 48.0 Å². The molecule has 126 valence electrons. The Hall–Kier alpha value is -2.69. The molecule has 5 aromatic rings. The van der Waals surface area contributed by atoms with Crippen LogP contribution in [0.25, 0.3) is 43.2 Å². The van der Waals surface area contributed by atoms with Crippen molar-refractivity contribution in [2.45, 2.75) is 6.92 Å². The Kier molecular flexibility index (Phi) is 3.55. The minimum atomic E-state index is 0.704. The number of benzene rings is 3. The van der Waals surface area contributed by atoms with Gasteiger partial charge in [0, 0.05) is 16.1 Å². The quantitative estimate of drug-likeness (QED) is 0.384. The normalized spacial score (nSPS) is 11.5. The molecule has 5 heteroatoms. The number of para-hydroxylation sites is 1. The van der Waals surface area contributed by atoms with Gasteiger partial charge in [-0.25, -0.2) is 9.97 Å². The van der Waals surface area contributed by atoms with Crippen molar-refractivity contribution >= 4 is 44.2 Å². The molecule has 0 spiro atoms. The van der Waals surface area contributed by atoms with Gasteiger partial charge in [-0.3, -0.25) is 0 Å². The fourth-order valence-corrected chi connectivity index (χ4v) is 4.35. The molecular weight excluding hydrogens is 362 g/mol. The van der Waals surface area contributed by atoms with Gasteiger partial charge in [0.1, 0.15) is 10.8 Å². The van der Waals surface area contributed by atoms with Gasteiger partial charge in [-0.05, 0) is 36.8 Å². The molecule has 3 aromatic carbocycles. The number of H-pyrrole nitrogens is 1. The third-order valence-corrected chi connectivity index (χ3v) is 5.78. The zero-order valence-corrected chi connectivity index (χ0v) is 15.5. The number of halogens is 1. The van der Waals surface area contributed by atoms with Gasteiger partial charge in [0.15, 0.2) is 0 Å². The van der Waals surface area contributed by atoms with Crippen molar-refractivity contribution in [1.29, 1.82) is 0 Å². The van der Waals surface area contributed by atoms with Crippen LogP contribution >= 0.6 is 22.9 Å². The molecule has 0 saturated carbocycles. The van der Waals surface area contributed by atoms with Crippen molar-refractivity contribution in [1.82, 2.24) is 15.0 Å².